The van der Waals surface area contributed by atoms with Crippen LogP contribution in [0.15, 0.2) is 48.9 Å². The largest absolute Gasteiger partial charge is 0.334 e. The maximum Gasteiger partial charge on any atom is 0.212 e. The van der Waals surface area contributed by atoms with E-state index in [0.717, 1.165) is 11.7 Å². The predicted molar refractivity (Wildman–Crippen MR) is 101 cm³/mol. The molecule has 0 spiro atoms. The molecule has 0 bridgehead atoms. The molecule has 0 saturated heterocycles. The van der Waals surface area contributed by atoms with Crippen molar-refractivity contribution in [3.8, 4) is 22.6 Å². The van der Waals surface area contributed by atoms with E-state index in [1.165, 1.54) is 53.6 Å². The Hall–Kier alpha value is -2.42. The van der Waals surface area contributed by atoms with Crippen molar-refractivity contribution >= 4 is 0 Å². The van der Waals surface area contributed by atoms with Crippen molar-refractivity contribution in [2.24, 2.45) is 14.1 Å². The summed E-state index contributed by atoms with van der Waals surface area (Å²) in [7, 11) is 4.21. The molecule has 2 aromatic heterocycles. The summed E-state index contributed by atoms with van der Waals surface area (Å²) in [6.07, 6.45) is 11.6. The molecule has 0 aliphatic heterocycles. The van der Waals surface area contributed by atoms with Crippen LogP contribution < -0.4 is 4.57 Å². The first kappa shape index (κ1) is 16.1. The lowest BCUT2D eigenvalue weighted by Crippen LogP contribution is -2.31. The molecule has 128 valence electrons. The Balaban J connectivity index is 1.76. The van der Waals surface area contributed by atoms with Gasteiger partial charge in [-0.3, -0.25) is 0 Å². The van der Waals surface area contributed by atoms with E-state index in [0.29, 0.717) is 0 Å². The Kier molecular flexibility index (Phi) is 4.16. The van der Waals surface area contributed by atoms with E-state index in [4.69, 9.17) is 0 Å². The van der Waals surface area contributed by atoms with Crippen LogP contribution in [0, 0.1) is 6.92 Å². The van der Waals surface area contributed by atoms with E-state index in [2.05, 4.69) is 64.6 Å². The molecule has 1 aromatic carbocycles. The van der Waals surface area contributed by atoms with E-state index in [1.54, 1.807) is 0 Å². The van der Waals surface area contributed by atoms with E-state index in [9.17, 15) is 0 Å². The molecule has 0 amide bonds. The fourth-order valence-corrected chi connectivity index (χ4v) is 4.19. The number of rotatable bonds is 3. The first-order valence-electron chi connectivity index (χ1n) is 9.22. The van der Waals surface area contributed by atoms with Gasteiger partial charge in [-0.2, -0.15) is 0 Å². The van der Waals surface area contributed by atoms with E-state index >= 15 is 0 Å². The summed E-state index contributed by atoms with van der Waals surface area (Å²) in [6, 6.07) is 11.1. The molecule has 1 saturated carbocycles. The molecule has 0 unspecified atom stereocenters. The number of nitrogens with zero attached hydrogens (tertiary/aromatic N) is 3. The van der Waals surface area contributed by atoms with Crippen molar-refractivity contribution in [1.82, 2.24) is 9.55 Å². The smallest absolute Gasteiger partial charge is 0.212 e. The second-order valence-corrected chi connectivity index (χ2v) is 7.28. The van der Waals surface area contributed by atoms with Gasteiger partial charge in [0.15, 0.2) is 6.20 Å². The number of pyridine rings is 1. The highest BCUT2D eigenvalue weighted by molar-refractivity contribution is 5.73. The van der Waals surface area contributed by atoms with Crippen molar-refractivity contribution in [2.45, 2.75) is 38.5 Å². The van der Waals surface area contributed by atoms with Crippen molar-refractivity contribution in [3.63, 3.8) is 0 Å². The second-order valence-electron chi connectivity index (χ2n) is 7.28. The van der Waals surface area contributed by atoms with Gasteiger partial charge in [0.25, 0.3) is 0 Å². The van der Waals surface area contributed by atoms with E-state index in [1.807, 2.05) is 19.4 Å². The average Bonchev–Trinajstić information content (AvgIpc) is 3.27. The molecule has 25 heavy (non-hydrogen) atoms. The molecule has 1 fully saturated rings. The third kappa shape index (κ3) is 2.88. The monoisotopic (exact) mass is 332 g/mol. The molecule has 1 aliphatic carbocycles. The number of hydrogen-bond donors (Lipinski definition) is 0. The van der Waals surface area contributed by atoms with Crippen LogP contribution in [0.5, 0.6) is 0 Å². The lowest BCUT2D eigenvalue weighted by molar-refractivity contribution is -0.660. The molecular formula is C22H26N3+. The van der Waals surface area contributed by atoms with Crippen LogP contribution in [0.3, 0.4) is 0 Å². The van der Waals surface area contributed by atoms with Crippen molar-refractivity contribution < 1.29 is 4.57 Å². The van der Waals surface area contributed by atoms with E-state index in [-0.39, 0.29) is 0 Å². The fourth-order valence-electron chi connectivity index (χ4n) is 4.19. The fraction of sp³-hybridized carbons (Fsp3) is 0.364. The zero-order valence-corrected chi connectivity index (χ0v) is 15.4. The zero-order chi connectivity index (χ0) is 17.4. The predicted octanol–water partition coefficient (Wildman–Crippen LogP) is 4.54. The highest BCUT2D eigenvalue weighted by Crippen LogP contribution is 2.34. The standard InChI is InChI=1S/C22H26N3/c1-16-19(9-6-10-20(16)22-23-13-14-24(22)2)21-12-11-18(15-25(21)3)17-7-4-5-8-17/h6,9-15,17H,4-5,7-8H2,1-3H3/q+1. The summed E-state index contributed by atoms with van der Waals surface area (Å²) >= 11 is 0. The maximum atomic E-state index is 4.53. The Morgan fingerprint density at radius 3 is 2.52 bits per heavy atom. The molecule has 0 radical (unpaired) electrons. The Morgan fingerprint density at radius 2 is 1.84 bits per heavy atom. The molecule has 0 N–H and O–H groups in total. The Bertz CT molecular complexity index is 901. The lowest BCUT2D eigenvalue weighted by Gasteiger charge is -2.12. The first-order chi connectivity index (χ1) is 12.1. The Morgan fingerprint density at radius 1 is 1.08 bits per heavy atom. The first-order valence-corrected chi connectivity index (χ1v) is 9.22. The number of imidazole rings is 1. The molecule has 1 aliphatic rings. The number of aryl methyl sites for hydroxylation is 2. The van der Waals surface area contributed by atoms with Crippen molar-refractivity contribution in [1.29, 1.82) is 0 Å². The zero-order valence-electron chi connectivity index (χ0n) is 15.4. The highest BCUT2D eigenvalue weighted by atomic mass is 15.0. The van der Waals surface area contributed by atoms with Gasteiger partial charge in [-0.05, 0) is 43.4 Å². The molecule has 4 rings (SSSR count). The van der Waals surface area contributed by atoms with Gasteiger partial charge in [0.05, 0.1) is 0 Å². The molecule has 2 heterocycles. The lowest BCUT2D eigenvalue weighted by atomic mass is 9.96. The third-order valence-corrected chi connectivity index (χ3v) is 5.65. The topological polar surface area (TPSA) is 21.7 Å². The number of benzene rings is 1. The van der Waals surface area contributed by atoms with Gasteiger partial charge in [-0.25, -0.2) is 9.55 Å². The average molecular weight is 332 g/mol. The van der Waals surface area contributed by atoms with Crippen LogP contribution in [0.25, 0.3) is 22.6 Å². The summed E-state index contributed by atoms with van der Waals surface area (Å²) in [5.41, 5.74) is 6.50. The normalized spacial score (nSPS) is 15.0. The molecule has 3 heteroatoms. The summed E-state index contributed by atoms with van der Waals surface area (Å²) in [5.74, 6) is 1.77. The maximum absolute atomic E-state index is 4.53. The van der Waals surface area contributed by atoms with Crippen LogP contribution in [0.2, 0.25) is 0 Å². The van der Waals surface area contributed by atoms with Gasteiger partial charge in [0, 0.05) is 42.2 Å². The minimum absolute atomic E-state index is 0.750. The van der Waals surface area contributed by atoms with Crippen LogP contribution in [-0.2, 0) is 14.1 Å². The van der Waals surface area contributed by atoms with Crippen LogP contribution in [-0.4, -0.2) is 9.55 Å². The van der Waals surface area contributed by atoms with Gasteiger partial charge < -0.3 is 4.57 Å². The minimum Gasteiger partial charge on any atom is -0.334 e. The van der Waals surface area contributed by atoms with Gasteiger partial charge >= 0.3 is 0 Å². The number of hydrogen-bond acceptors (Lipinski definition) is 1. The van der Waals surface area contributed by atoms with Crippen LogP contribution >= 0.6 is 0 Å². The van der Waals surface area contributed by atoms with Gasteiger partial charge in [-0.15, -0.1) is 0 Å². The second kappa shape index (κ2) is 6.47. The summed E-state index contributed by atoms with van der Waals surface area (Å²) in [6.45, 7) is 2.20. The van der Waals surface area contributed by atoms with Crippen molar-refractivity contribution in [2.75, 3.05) is 0 Å². The minimum atomic E-state index is 0.750. The molecule has 0 atom stereocenters. The molecule has 3 aromatic rings. The van der Waals surface area contributed by atoms with Crippen molar-refractivity contribution in [3.05, 3.63) is 60.0 Å². The SMILES string of the molecule is Cc1c(-c2nccn2C)cccc1-c1ccc(C2CCCC2)c[n+]1C. The summed E-state index contributed by atoms with van der Waals surface area (Å²) in [5, 5.41) is 0. The van der Waals surface area contributed by atoms with Gasteiger partial charge in [0.2, 0.25) is 5.69 Å². The Labute approximate surface area is 150 Å². The number of aromatic nitrogens is 3. The van der Waals surface area contributed by atoms with Crippen LogP contribution in [0.4, 0.5) is 0 Å². The van der Waals surface area contributed by atoms with E-state index < -0.39 is 0 Å². The quantitative estimate of drug-likeness (QED) is 0.645. The summed E-state index contributed by atoms with van der Waals surface area (Å²) < 4.78 is 4.37. The van der Waals surface area contributed by atoms with Gasteiger partial charge in [0.1, 0.15) is 12.9 Å². The summed E-state index contributed by atoms with van der Waals surface area (Å²) in [4.78, 5) is 4.53. The van der Waals surface area contributed by atoms with Crippen LogP contribution in [0.1, 0.15) is 42.7 Å². The third-order valence-electron chi connectivity index (χ3n) is 5.65. The highest BCUT2D eigenvalue weighted by Gasteiger charge is 2.22. The molecule has 3 nitrogen and oxygen atoms in total. The molecular weight excluding hydrogens is 306 g/mol. The van der Waals surface area contributed by atoms with Gasteiger partial charge in [-0.1, -0.05) is 25.0 Å².